The Labute approximate surface area is 252 Å². The number of fused-ring (bicyclic) bond motifs is 4. The maximum Gasteiger partial charge on any atom is 0.142 e. The van der Waals surface area contributed by atoms with Crippen molar-refractivity contribution < 1.29 is 8.83 Å². The van der Waals surface area contributed by atoms with Crippen LogP contribution in [0.3, 0.4) is 0 Å². The van der Waals surface area contributed by atoms with Crippen LogP contribution in [0.15, 0.2) is 154 Å². The van der Waals surface area contributed by atoms with Gasteiger partial charge in [0, 0.05) is 27.3 Å². The van der Waals surface area contributed by atoms with Gasteiger partial charge in [-0.15, -0.1) is 0 Å². The molecule has 44 heavy (non-hydrogen) atoms. The summed E-state index contributed by atoms with van der Waals surface area (Å²) < 4.78 is 13.0. The summed E-state index contributed by atoms with van der Waals surface area (Å²) in [7, 11) is 0. The van der Waals surface area contributed by atoms with Crippen LogP contribution in [0.25, 0.3) is 98.8 Å². The van der Waals surface area contributed by atoms with Crippen LogP contribution in [0.5, 0.6) is 0 Å². The van der Waals surface area contributed by atoms with E-state index in [4.69, 9.17) is 8.83 Å². The zero-order valence-electron chi connectivity index (χ0n) is 23.7. The highest BCUT2D eigenvalue weighted by Gasteiger charge is 2.19. The number of benzene rings is 8. The van der Waals surface area contributed by atoms with Crippen LogP contribution < -0.4 is 0 Å². The molecule has 0 saturated heterocycles. The molecule has 2 heterocycles. The molecule has 0 spiro atoms. The number of hydrogen-bond acceptors (Lipinski definition) is 2. The van der Waals surface area contributed by atoms with Crippen LogP contribution >= 0.6 is 0 Å². The molecular weight excluding hydrogens is 536 g/mol. The monoisotopic (exact) mass is 560 g/mol. The van der Waals surface area contributed by atoms with E-state index in [9.17, 15) is 0 Å². The van der Waals surface area contributed by atoms with E-state index in [1.165, 1.54) is 49.0 Å². The van der Waals surface area contributed by atoms with Gasteiger partial charge < -0.3 is 8.83 Å². The smallest absolute Gasteiger partial charge is 0.142 e. The molecule has 8 aromatic carbocycles. The van der Waals surface area contributed by atoms with Crippen LogP contribution in [-0.4, -0.2) is 0 Å². The van der Waals surface area contributed by atoms with E-state index in [0.717, 1.165) is 49.8 Å². The Morgan fingerprint density at radius 1 is 0.341 bits per heavy atom. The van der Waals surface area contributed by atoms with Gasteiger partial charge in [0.15, 0.2) is 0 Å². The second-order valence-corrected chi connectivity index (χ2v) is 11.6. The first-order chi connectivity index (χ1) is 21.8. The lowest BCUT2D eigenvalue weighted by molar-refractivity contribution is 0.633. The predicted octanol–water partition coefficient (Wildman–Crippen LogP) is 12.2. The lowest BCUT2D eigenvalue weighted by atomic mass is 9.87. The molecule has 0 N–H and O–H groups in total. The Morgan fingerprint density at radius 2 is 1.00 bits per heavy atom. The first-order valence-electron chi connectivity index (χ1n) is 15.0. The van der Waals surface area contributed by atoms with Crippen LogP contribution in [0.2, 0.25) is 0 Å². The van der Waals surface area contributed by atoms with Crippen molar-refractivity contribution in [2.24, 2.45) is 0 Å². The third kappa shape index (κ3) is 3.25. The molecule has 2 heteroatoms. The fourth-order valence-corrected chi connectivity index (χ4v) is 7.29. The van der Waals surface area contributed by atoms with E-state index < -0.39 is 0 Å². The van der Waals surface area contributed by atoms with Gasteiger partial charge in [0.2, 0.25) is 0 Å². The minimum Gasteiger partial charge on any atom is -0.456 e. The van der Waals surface area contributed by atoms with Crippen molar-refractivity contribution in [3.8, 4) is 33.6 Å². The highest BCUT2D eigenvalue weighted by Crippen LogP contribution is 2.45. The Bertz CT molecular complexity index is 2710. The minimum absolute atomic E-state index is 0.842. The average molecular weight is 561 g/mol. The maximum atomic E-state index is 6.79. The highest BCUT2D eigenvalue weighted by molar-refractivity contribution is 6.28. The predicted molar refractivity (Wildman–Crippen MR) is 184 cm³/mol. The average Bonchev–Trinajstić information content (AvgIpc) is 3.69. The van der Waals surface area contributed by atoms with Gasteiger partial charge in [-0.25, -0.2) is 0 Å². The number of furan rings is 2. The van der Waals surface area contributed by atoms with Crippen molar-refractivity contribution in [3.05, 3.63) is 146 Å². The standard InChI is InChI=1S/C42H24O2/c1-2-8-25(9-3-1)29-20-16-26-19-23-32-30(21-17-27-18-22-31(29)39(26)40(27)32)33-12-6-10-28-24-38(44-42(28)33)35-13-7-15-37-41(35)34-11-4-5-14-36(34)43-37/h1-24H. The molecule has 2 nitrogen and oxygen atoms in total. The van der Waals surface area contributed by atoms with Crippen molar-refractivity contribution in [2.75, 3.05) is 0 Å². The van der Waals surface area contributed by atoms with Crippen LogP contribution in [0, 0.1) is 0 Å². The Hall–Kier alpha value is -5.86. The molecule has 10 rings (SSSR count). The van der Waals surface area contributed by atoms with Gasteiger partial charge in [0.1, 0.15) is 22.5 Å². The topological polar surface area (TPSA) is 26.3 Å². The van der Waals surface area contributed by atoms with Gasteiger partial charge in [0.05, 0.1) is 0 Å². The molecule has 0 fully saturated rings. The highest BCUT2D eigenvalue weighted by atomic mass is 16.3. The summed E-state index contributed by atoms with van der Waals surface area (Å²) in [6.45, 7) is 0. The molecule has 0 unspecified atom stereocenters. The van der Waals surface area contributed by atoms with Gasteiger partial charge in [-0.05, 0) is 67.2 Å². The Kier molecular flexibility index (Phi) is 4.75. The number of para-hydroxylation sites is 2. The summed E-state index contributed by atoms with van der Waals surface area (Å²) >= 11 is 0. The summed E-state index contributed by atoms with van der Waals surface area (Å²) in [5.41, 5.74) is 8.46. The normalized spacial score (nSPS) is 12.1. The molecule has 0 atom stereocenters. The molecule has 204 valence electrons. The third-order valence-electron chi connectivity index (χ3n) is 9.25. The van der Waals surface area contributed by atoms with E-state index in [1.807, 2.05) is 24.3 Å². The molecule has 0 aliphatic rings. The fraction of sp³-hybridized carbons (Fsp3) is 0. The summed E-state index contributed by atoms with van der Waals surface area (Å²) in [6, 6.07) is 51.8. The summed E-state index contributed by atoms with van der Waals surface area (Å²) in [4.78, 5) is 0. The van der Waals surface area contributed by atoms with Crippen molar-refractivity contribution in [1.82, 2.24) is 0 Å². The van der Waals surface area contributed by atoms with Crippen LogP contribution in [-0.2, 0) is 0 Å². The Balaban J connectivity index is 1.22. The zero-order valence-corrected chi connectivity index (χ0v) is 23.7. The minimum atomic E-state index is 0.842. The maximum absolute atomic E-state index is 6.79. The molecule has 0 saturated carbocycles. The molecule has 0 radical (unpaired) electrons. The van der Waals surface area contributed by atoms with Crippen molar-refractivity contribution in [2.45, 2.75) is 0 Å². The van der Waals surface area contributed by atoms with Gasteiger partial charge in [-0.1, -0.05) is 127 Å². The SMILES string of the molecule is c1ccc(-c2ccc3ccc4c(-c5cccc6cc(-c7cccc8oc9ccccc9c78)oc56)ccc5ccc2c3c54)cc1. The van der Waals surface area contributed by atoms with Gasteiger partial charge in [0.25, 0.3) is 0 Å². The van der Waals surface area contributed by atoms with E-state index in [1.54, 1.807) is 0 Å². The second kappa shape index (κ2) is 8.82. The first kappa shape index (κ1) is 23.7. The van der Waals surface area contributed by atoms with Gasteiger partial charge >= 0.3 is 0 Å². The quantitative estimate of drug-likeness (QED) is 0.201. The molecule has 10 aromatic rings. The van der Waals surface area contributed by atoms with Crippen LogP contribution in [0.4, 0.5) is 0 Å². The molecule has 0 aliphatic carbocycles. The van der Waals surface area contributed by atoms with Gasteiger partial charge in [-0.3, -0.25) is 0 Å². The molecule has 2 aromatic heterocycles. The largest absolute Gasteiger partial charge is 0.456 e. The van der Waals surface area contributed by atoms with Crippen LogP contribution in [0.1, 0.15) is 0 Å². The number of hydrogen-bond donors (Lipinski definition) is 0. The summed E-state index contributed by atoms with van der Waals surface area (Å²) in [5, 5.41) is 10.9. The zero-order chi connectivity index (χ0) is 28.8. The lowest BCUT2D eigenvalue weighted by Gasteiger charge is -2.16. The van der Waals surface area contributed by atoms with Crippen molar-refractivity contribution in [3.63, 3.8) is 0 Å². The fourth-order valence-electron chi connectivity index (χ4n) is 7.29. The van der Waals surface area contributed by atoms with E-state index in [0.29, 0.717) is 0 Å². The second-order valence-electron chi connectivity index (χ2n) is 11.6. The van der Waals surface area contributed by atoms with E-state index >= 15 is 0 Å². The lowest BCUT2D eigenvalue weighted by Crippen LogP contribution is -1.89. The summed E-state index contributed by atoms with van der Waals surface area (Å²) in [6.07, 6.45) is 0. The summed E-state index contributed by atoms with van der Waals surface area (Å²) in [5.74, 6) is 0.842. The van der Waals surface area contributed by atoms with E-state index in [-0.39, 0.29) is 0 Å². The molecule has 0 amide bonds. The van der Waals surface area contributed by atoms with Gasteiger partial charge in [-0.2, -0.15) is 0 Å². The number of rotatable bonds is 3. The Morgan fingerprint density at radius 3 is 1.84 bits per heavy atom. The van der Waals surface area contributed by atoms with Crippen molar-refractivity contribution >= 4 is 65.2 Å². The molecular formula is C42H24O2. The first-order valence-corrected chi connectivity index (χ1v) is 15.0. The molecule has 0 bridgehead atoms. The van der Waals surface area contributed by atoms with Crippen molar-refractivity contribution in [1.29, 1.82) is 0 Å². The third-order valence-corrected chi connectivity index (χ3v) is 9.25. The van der Waals surface area contributed by atoms with E-state index in [2.05, 4.69) is 121 Å². The molecule has 0 aliphatic heterocycles.